The summed E-state index contributed by atoms with van der Waals surface area (Å²) in [7, 11) is 0. The van der Waals surface area contributed by atoms with Gasteiger partial charge in [-0.3, -0.25) is 4.90 Å². The van der Waals surface area contributed by atoms with Gasteiger partial charge < -0.3 is 10.1 Å². The van der Waals surface area contributed by atoms with E-state index in [0.29, 0.717) is 12.1 Å². The average molecular weight is 302 g/mol. The van der Waals surface area contributed by atoms with E-state index >= 15 is 0 Å². The highest BCUT2D eigenvalue weighted by Gasteiger charge is 2.30. The molecule has 3 nitrogen and oxygen atoms in total. The summed E-state index contributed by atoms with van der Waals surface area (Å²) in [6.07, 6.45) is -3.81. The summed E-state index contributed by atoms with van der Waals surface area (Å²) in [5.41, 5.74) is 1.02. The molecule has 0 aliphatic carbocycles. The molecule has 0 aromatic heterocycles. The van der Waals surface area contributed by atoms with Gasteiger partial charge in [0.2, 0.25) is 0 Å². The Morgan fingerprint density at radius 2 is 1.71 bits per heavy atom. The van der Waals surface area contributed by atoms with Crippen LogP contribution in [0.1, 0.15) is 19.4 Å². The lowest BCUT2D eigenvalue weighted by Gasteiger charge is -2.36. The topological polar surface area (TPSA) is 24.5 Å². The molecule has 118 valence electrons. The molecule has 1 fully saturated rings. The van der Waals surface area contributed by atoms with E-state index < -0.39 is 6.36 Å². The molecule has 1 aromatic carbocycles. The summed E-state index contributed by atoms with van der Waals surface area (Å²) in [5, 5.41) is 3.47. The average Bonchev–Trinajstić information content (AvgIpc) is 2.35. The van der Waals surface area contributed by atoms with E-state index in [-0.39, 0.29) is 5.75 Å². The van der Waals surface area contributed by atoms with E-state index in [2.05, 4.69) is 28.8 Å². The van der Waals surface area contributed by atoms with Crippen molar-refractivity contribution in [2.24, 2.45) is 0 Å². The molecule has 2 atom stereocenters. The number of alkyl halides is 3. The van der Waals surface area contributed by atoms with E-state index in [0.717, 1.165) is 31.6 Å². The van der Waals surface area contributed by atoms with Crippen molar-refractivity contribution in [3.05, 3.63) is 29.8 Å². The van der Waals surface area contributed by atoms with E-state index in [9.17, 15) is 13.2 Å². The Labute approximate surface area is 123 Å². The lowest BCUT2D eigenvalue weighted by Crippen LogP contribution is -2.54. The maximum atomic E-state index is 12.1. The Bertz CT molecular complexity index is 437. The molecule has 1 saturated heterocycles. The van der Waals surface area contributed by atoms with Crippen molar-refractivity contribution in [1.82, 2.24) is 10.2 Å². The number of halogens is 3. The molecular formula is C15H21F3N2O. The van der Waals surface area contributed by atoms with Crippen LogP contribution in [0.2, 0.25) is 0 Å². The minimum Gasteiger partial charge on any atom is -0.406 e. The van der Waals surface area contributed by atoms with E-state index in [4.69, 9.17) is 0 Å². The minimum atomic E-state index is -4.63. The van der Waals surface area contributed by atoms with Crippen molar-refractivity contribution in [3.63, 3.8) is 0 Å². The monoisotopic (exact) mass is 302 g/mol. The first kappa shape index (κ1) is 16.1. The van der Waals surface area contributed by atoms with Crippen LogP contribution in [-0.2, 0) is 6.42 Å². The Morgan fingerprint density at radius 1 is 1.14 bits per heavy atom. The molecule has 1 N–H and O–H groups in total. The van der Waals surface area contributed by atoms with E-state index in [1.165, 1.54) is 12.1 Å². The molecule has 1 aliphatic heterocycles. The second-order valence-electron chi connectivity index (χ2n) is 5.67. The van der Waals surface area contributed by atoms with Crippen LogP contribution in [-0.4, -0.2) is 43.0 Å². The second-order valence-corrected chi connectivity index (χ2v) is 5.67. The standard InChI is InChI=1S/C15H21F3N2O/c1-11-9-20(10-12(2)19-11)8-7-13-3-5-14(6-4-13)21-15(16,17)18/h3-6,11-12,19H,7-10H2,1-2H3/t11-,12+. The fourth-order valence-corrected chi connectivity index (χ4v) is 2.77. The number of rotatable bonds is 4. The molecule has 0 unspecified atom stereocenters. The number of piperazine rings is 1. The molecule has 0 radical (unpaired) electrons. The maximum absolute atomic E-state index is 12.1. The maximum Gasteiger partial charge on any atom is 0.573 e. The Kier molecular flexibility index (Phi) is 5.11. The molecule has 1 aromatic rings. The zero-order valence-electron chi connectivity index (χ0n) is 12.3. The molecule has 21 heavy (non-hydrogen) atoms. The summed E-state index contributed by atoms with van der Waals surface area (Å²) in [5.74, 6) is -0.171. The van der Waals surface area contributed by atoms with Crippen LogP contribution >= 0.6 is 0 Å². The van der Waals surface area contributed by atoms with Crippen LogP contribution in [0.15, 0.2) is 24.3 Å². The van der Waals surface area contributed by atoms with Crippen molar-refractivity contribution in [2.75, 3.05) is 19.6 Å². The van der Waals surface area contributed by atoms with Crippen LogP contribution in [0.3, 0.4) is 0 Å². The van der Waals surface area contributed by atoms with Crippen LogP contribution < -0.4 is 10.1 Å². The predicted octanol–water partition coefficient (Wildman–Crippen LogP) is 2.81. The molecule has 2 rings (SSSR count). The number of hydrogen-bond acceptors (Lipinski definition) is 3. The zero-order valence-corrected chi connectivity index (χ0v) is 12.3. The third-order valence-electron chi connectivity index (χ3n) is 3.51. The summed E-state index contributed by atoms with van der Waals surface area (Å²) >= 11 is 0. The lowest BCUT2D eigenvalue weighted by molar-refractivity contribution is -0.274. The van der Waals surface area contributed by atoms with E-state index in [1.54, 1.807) is 12.1 Å². The molecule has 1 heterocycles. The van der Waals surface area contributed by atoms with Crippen molar-refractivity contribution < 1.29 is 17.9 Å². The zero-order chi connectivity index (χ0) is 15.5. The first-order valence-electron chi connectivity index (χ1n) is 7.15. The summed E-state index contributed by atoms with van der Waals surface area (Å²) < 4.78 is 40.1. The molecular weight excluding hydrogens is 281 g/mol. The Hall–Kier alpha value is -1.27. The molecule has 6 heteroatoms. The molecule has 0 spiro atoms. The van der Waals surface area contributed by atoms with Gasteiger partial charge in [0.05, 0.1) is 0 Å². The Morgan fingerprint density at radius 3 is 2.24 bits per heavy atom. The second kappa shape index (κ2) is 6.66. The van der Waals surface area contributed by atoms with Gasteiger partial charge in [0, 0.05) is 31.7 Å². The lowest BCUT2D eigenvalue weighted by atomic mass is 10.1. The number of hydrogen-bond donors (Lipinski definition) is 1. The fourth-order valence-electron chi connectivity index (χ4n) is 2.77. The quantitative estimate of drug-likeness (QED) is 0.925. The van der Waals surface area contributed by atoms with Crippen molar-refractivity contribution in [2.45, 2.75) is 38.7 Å². The molecule has 0 bridgehead atoms. The van der Waals surface area contributed by atoms with Gasteiger partial charge in [-0.2, -0.15) is 0 Å². The van der Waals surface area contributed by atoms with Gasteiger partial charge in [-0.1, -0.05) is 12.1 Å². The Balaban J connectivity index is 1.83. The van der Waals surface area contributed by atoms with Gasteiger partial charge in [-0.25, -0.2) is 0 Å². The van der Waals surface area contributed by atoms with E-state index in [1.807, 2.05) is 0 Å². The number of nitrogens with zero attached hydrogens (tertiary/aromatic N) is 1. The highest BCUT2D eigenvalue weighted by molar-refractivity contribution is 5.27. The number of ether oxygens (including phenoxy) is 1. The third kappa shape index (κ3) is 5.55. The summed E-state index contributed by atoms with van der Waals surface area (Å²) in [6, 6.07) is 7.05. The molecule has 0 amide bonds. The smallest absolute Gasteiger partial charge is 0.406 e. The van der Waals surface area contributed by atoms with Crippen LogP contribution in [0.4, 0.5) is 13.2 Å². The van der Waals surface area contributed by atoms with Crippen molar-refractivity contribution in [1.29, 1.82) is 0 Å². The normalized spacial score (nSPS) is 24.0. The summed E-state index contributed by atoms with van der Waals surface area (Å²) in [4.78, 5) is 2.38. The third-order valence-corrected chi connectivity index (χ3v) is 3.51. The van der Waals surface area contributed by atoms with Crippen LogP contribution in [0.5, 0.6) is 5.75 Å². The highest BCUT2D eigenvalue weighted by atomic mass is 19.4. The van der Waals surface area contributed by atoms with Gasteiger partial charge in [0.25, 0.3) is 0 Å². The largest absolute Gasteiger partial charge is 0.573 e. The summed E-state index contributed by atoms with van der Waals surface area (Å²) in [6.45, 7) is 7.23. The molecule has 1 aliphatic rings. The predicted molar refractivity (Wildman–Crippen MR) is 75.3 cm³/mol. The highest BCUT2D eigenvalue weighted by Crippen LogP contribution is 2.22. The van der Waals surface area contributed by atoms with Gasteiger partial charge in [-0.05, 0) is 38.0 Å². The van der Waals surface area contributed by atoms with Crippen LogP contribution in [0, 0.1) is 0 Å². The van der Waals surface area contributed by atoms with Crippen molar-refractivity contribution in [3.8, 4) is 5.75 Å². The molecule has 0 saturated carbocycles. The number of benzene rings is 1. The first-order valence-corrected chi connectivity index (χ1v) is 7.15. The van der Waals surface area contributed by atoms with Crippen LogP contribution in [0.25, 0.3) is 0 Å². The van der Waals surface area contributed by atoms with Gasteiger partial charge in [0.15, 0.2) is 0 Å². The fraction of sp³-hybridized carbons (Fsp3) is 0.600. The first-order chi connectivity index (χ1) is 9.82. The van der Waals surface area contributed by atoms with Gasteiger partial charge in [0.1, 0.15) is 5.75 Å². The minimum absolute atomic E-state index is 0.171. The van der Waals surface area contributed by atoms with Gasteiger partial charge in [-0.15, -0.1) is 13.2 Å². The number of nitrogens with one attached hydrogen (secondary N) is 1. The van der Waals surface area contributed by atoms with Gasteiger partial charge >= 0.3 is 6.36 Å². The van der Waals surface area contributed by atoms with Crippen molar-refractivity contribution >= 4 is 0 Å². The SMILES string of the molecule is C[C@@H]1CN(CCc2ccc(OC(F)(F)F)cc2)C[C@H](C)N1.